The van der Waals surface area contributed by atoms with Gasteiger partial charge in [-0.05, 0) is 63.1 Å². The first kappa shape index (κ1) is 58.0. The molecule has 4 N–H and O–H groups in total. The molecule has 1 aliphatic carbocycles. The summed E-state index contributed by atoms with van der Waals surface area (Å²) in [7, 11) is -2.46. The molecule has 0 radical (unpaired) electrons. The van der Waals surface area contributed by atoms with E-state index < -0.39 is 48.9 Å². The number of imide groups is 1. The smallest absolute Gasteiger partial charge is 0.339 e. The number of nitrogens with zero attached hydrogens (tertiary/aromatic N) is 4. The first-order valence-corrected chi connectivity index (χ1v) is 23.9. The zero-order chi connectivity index (χ0) is 50.6. The van der Waals surface area contributed by atoms with E-state index in [1.807, 2.05) is 26.0 Å². The molecule has 366 valence electrons. The molecular formula is C45H56Cl3FN5O12P. The number of hydrogen-bond acceptors (Lipinski definition) is 10. The highest BCUT2D eigenvalue weighted by Gasteiger charge is 2.42. The average molecular weight is 1020 g/mol. The van der Waals surface area contributed by atoms with Crippen LogP contribution in [0.4, 0.5) is 21.5 Å². The van der Waals surface area contributed by atoms with Crippen molar-refractivity contribution < 1.29 is 62.1 Å². The van der Waals surface area contributed by atoms with E-state index >= 15 is 0 Å². The van der Waals surface area contributed by atoms with E-state index in [2.05, 4.69) is 37.4 Å². The van der Waals surface area contributed by atoms with Crippen LogP contribution in [0.3, 0.4) is 0 Å². The van der Waals surface area contributed by atoms with Gasteiger partial charge in [-0.3, -0.25) is 43.5 Å². The van der Waals surface area contributed by atoms with Crippen LogP contribution in [-0.4, -0.2) is 125 Å². The van der Waals surface area contributed by atoms with E-state index in [9.17, 15) is 37.7 Å². The number of aliphatic carboxylic acids is 1. The summed E-state index contributed by atoms with van der Waals surface area (Å²) in [5, 5.41) is 10.1. The van der Waals surface area contributed by atoms with E-state index in [-0.39, 0.29) is 59.9 Å². The van der Waals surface area contributed by atoms with Crippen LogP contribution < -0.4 is 24.8 Å². The van der Waals surface area contributed by atoms with Crippen molar-refractivity contribution in [2.24, 2.45) is 0 Å². The van der Waals surface area contributed by atoms with Gasteiger partial charge < -0.3 is 34.2 Å². The summed E-state index contributed by atoms with van der Waals surface area (Å²) in [4.78, 5) is 91.3. The van der Waals surface area contributed by atoms with Gasteiger partial charge in [-0.15, -0.1) is 31.2 Å². The third-order valence-corrected chi connectivity index (χ3v) is 11.1. The molecule has 2 aliphatic heterocycles. The Morgan fingerprint density at radius 2 is 1.67 bits per heavy atom. The molecule has 0 bridgehead atoms. The van der Waals surface area contributed by atoms with Crippen molar-refractivity contribution in [2.75, 3.05) is 73.4 Å². The van der Waals surface area contributed by atoms with Gasteiger partial charge in [-0.1, -0.05) is 66.4 Å². The number of aryl methyl sites for hydroxylation is 2. The number of halogens is 4. The topological polar surface area (TPSA) is 224 Å². The minimum Gasteiger partial charge on any atom is -0.481 e. The van der Waals surface area contributed by atoms with Gasteiger partial charge in [0.25, 0.3) is 23.6 Å². The first-order valence-electron chi connectivity index (χ1n) is 20.7. The lowest BCUT2D eigenvalue weighted by Crippen LogP contribution is -2.43. The number of carboxylic acids is 1. The highest BCUT2D eigenvalue weighted by atomic mass is 35.5. The summed E-state index contributed by atoms with van der Waals surface area (Å²) in [5.41, 5.74) is 4.20. The maximum absolute atomic E-state index is 14.7. The van der Waals surface area contributed by atoms with Gasteiger partial charge in [0.15, 0.2) is 17.3 Å². The summed E-state index contributed by atoms with van der Waals surface area (Å²) in [6, 6.07) is 8.41. The van der Waals surface area contributed by atoms with Gasteiger partial charge in [0.2, 0.25) is 5.91 Å². The molecule has 67 heavy (non-hydrogen) atoms. The normalized spacial score (nSPS) is 14.4. The van der Waals surface area contributed by atoms with Crippen LogP contribution in [0, 0.1) is 25.1 Å². The van der Waals surface area contributed by atoms with Gasteiger partial charge in [-0.2, -0.15) is 0 Å². The van der Waals surface area contributed by atoms with Crippen molar-refractivity contribution in [3.05, 3.63) is 83.7 Å². The lowest BCUT2D eigenvalue weighted by atomic mass is 9.93. The van der Waals surface area contributed by atoms with Crippen molar-refractivity contribution in [1.29, 1.82) is 0 Å². The number of para-hydroxylation sites is 1. The van der Waals surface area contributed by atoms with E-state index in [1.165, 1.54) is 15.9 Å². The molecule has 2 heterocycles. The molecule has 0 spiro atoms. The number of anilines is 3. The van der Waals surface area contributed by atoms with Crippen LogP contribution in [0.15, 0.2) is 66.8 Å². The van der Waals surface area contributed by atoms with Crippen LogP contribution in [-0.2, 0) is 44.5 Å². The molecule has 17 nitrogen and oxygen atoms in total. The second-order valence-electron chi connectivity index (χ2n) is 14.8. The lowest BCUT2D eigenvalue weighted by Gasteiger charge is -2.31. The number of hydrogen-bond donors (Lipinski definition) is 4. The number of fused-ring (bicyclic) bond motifs is 1. The molecule has 22 heteroatoms. The van der Waals surface area contributed by atoms with Crippen LogP contribution in [0.5, 0.6) is 5.75 Å². The molecule has 1 atom stereocenters. The molecule has 1 unspecified atom stereocenters. The summed E-state index contributed by atoms with van der Waals surface area (Å²) in [6.07, 6.45) is 11.5. The van der Waals surface area contributed by atoms with Crippen LogP contribution in [0.1, 0.15) is 50.7 Å². The lowest BCUT2D eigenvalue weighted by molar-refractivity contribution is -0.136. The number of methoxy groups -OCH3 is 1. The maximum atomic E-state index is 14.7. The van der Waals surface area contributed by atoms with E-state index in [0.29, 0.717) is 43.7 Å². The predicted octanol–water partition coefficient (Wildman–Crippen LogP) is 5.88. The third kappa shape index (κ3) is 16.9. The Hall–Kier alpha value is -5.09. The number of benzene rings is 2. The molecule has 0 saturated carbocycles. The monoisotopic (exact) mass is 1010 g/mol. The largest absolute Gasteiger partial charge is 0.481 e. The zero-order valence-electron chi connectivity index (χ0n) is 37.6. The number of ether oxygens (including phenoxy) is 2. The fourth-order valence-corrected chi connectivity index (χ4v) is 7.75. The van der Waals surface area contributed by atoms with E-state index in [4.69, 9.17) is 65.6 Å². The summed E-state index contributed by atoms with van der Waals surface area (Å²) in [6.45, 7) is 13.7. The maximum Gasteiger partial charge on any atom is 0.339 e. The van der Waals surface area contributed by atoms with Gasteiger partial charge >= 0.3 is 13.6 Å². The Bertz CT molecular complexity index is 2230. The number of alkyl halides is 3. The molecule has 0 saturated heterocycles. The van der Waals surface area contributed by atoms with E-state index in [1.54, 1.807) is 24.2 Å². The molecule has 2 aromatic rings. The number of carboxylic acid groups (broad SMARTS) is 1. The van der Waals surface area contributed by atoms with Crippen molar-refractivity contribution in [3.8, 4) is 18.1 Å². The number of nitrogens with one attached hydrogen (secondary N) is 1. The molecule has 2 aromatic carbocycles. The van der Waals surface area contributed by atoms with Crippen LogP contribution in [0.25, 0.3) is 0 Å². The second-order valence-corrected chi connectivity index (χ2v) is 17.8. The standard InChI is InChI=1S/C19H15FN2O4.C15H22ClNO2.C8H11Cl2NO.C3H8NO5P/c1-2-7-21-15-9-14(13(20)8-16(15)26-10-17(21)23)22-18(24)11-5-3-4-6-12(11)19(22)25;1-5-13-8-6-7-11(2)15(13)17(14(18)9-16)12(3)10-19-4;1-3-5-11(6-4-2)8(12)7(9)10;5-3(6)1-4-2-10(7,8)9/h1,8-9H,3-7,10H2;6-8,12H,5,9-10H2,1-4H3;3-4,7H,1-2,5-6H2;4H,1-2H2,(H,5,6)(H2,7,8,9). The van der Waals surface area contributed by atoms with E-state index in [0.717, 1.165) is 47.0 Å². The zero-order valence-corrected chi connectivity index (χ0v) is 40.8. The third-order valence-electron chi connectivity index (χ3n) is 9.82. The Labute approximate surface area is 404 Å². The van der Waals surface area contributed by atoms with Crippen LogP contribution in [0.2, 0.25) is 0 Å². The second kappa shape index (κ2) is 28.3. The number of amides is 5. The van der Waals surface area contributed by atoms with Crippen molar-refractivity contribution in [3.63, 3.8) is 0 Å². The molecule has 0 fully saturated rings. The first-order chi connectivity index (χ1) is 31.6. The quantitative estimate of drug-likeness (QED) is 0.0479. The predicted molar refractivity (Wildman–Crippen MR) is 256 cm³/mol. The molecule has 3 aliphatic rings. The average Bonchev–Trinajstić information content (AvgIpc) is 3.53. The van der Waals surface area contributed by atoms with Crippen molar-refractivity contribution in [1.82, 2.24) is 10.2 Å². The number of carbonyl (C=O) groups is 6. The highest BCUT2D eigenvalue weighted by molar-refractivity contribution is 7.51. The molecule has 5 rings (SSSR count). The summed E-state index contributed by atoms with van der Waals surface area (Å²) >= 11 is 16.6. The molecular weight excluding hydrogens is 959 g/mol. The van der Waals surface area contributed by atoms with Gasteiger partial charge in [0.1, 0.15) is 11.6 Å². The van der Waals surface area contributed by atoms with Crippen molar-refractivity contribution in [2.45, 2.75) is 63.8 Å². The van der Waals surface area contributed by atoms with Gasteiger partial charge in [0.05, 0.1) is 49.1 Å². The Morgan fingerprint density at radius 1 is 1.07 bits per heavy atom. The summed E-state index contributed by atoms with van der Waals surface area (Å²) in [5.74, 6) is -1.17. The number of carbonyl (C=O) groups excluding carboxylic acids is 5. The Kier molecular flexibility index (Phi) is 24.5. The highest BCUT2D eigenvalue weighted by Crippen LogP contribution is 2.42. The van der Waals surface area contributed by atoms with Gasteiger partial charge in [0, 0.05) is 37.4 Å². The number of terminal acetylenes is 1. The van der Waals surface area contributed by atoms with Crippen molar-refractivity contribution >= 4 is 95.0 Å². The Morgan fingerprint density at radius 3 is 2.15 bits per heavy atom. The molecule has 5 amide bonds. The fourth-order valence-electron chi connectivity index (χ4n) is 6.94. The fraction of sp³-hybridized carbons (Fsp3) is 0.422. The molecule has 0 aromatic heterocycles. The minimum absolute atomic E-state index is 0.0170. The SMILES string of the molecule is C#CCN1C(=O)COc2cc(F)c(N3C(=O)C4=C(CCCC4)C3=O)cc21.C=CCN(CC=C)C(=O)C(Cl)Cl.CCc1cccc(C)c1N(C(=O)CCl)C(C)COC.O=C(O)CNCP(=O)(O)O. The number of rotatable bonds is 17. The minimum atomic E-state index is -4.10. The summed E-state index contributed by atoms with van der Waals surface area (Å²) < 4.78 is 35.2. The van der Waals surface area contributed by atoms with Gasteiger partial charge in [-0.25, -0.2) is 9.29 Å². The van der Waals surface area contributed by atoms with Crippen LogP contribution >= 0.6 is 42.4 Å². The Balaban J connectivity index is 0.000000331.